The molecule has 11 heteroatoms. The molecule has 2 atom stereocenters. The number of ether oxygens (including phenoxy) is 1. The van der Waals surface area contributed by atoms with Crippen molar-refractivity contribution in [3.63, 3.8) is 0 Å². The number of para-hydroxylation sites is 2. The smallest absolute Gasteiger partial charge is 0.261 e. The molecule has 51 heavy (non-hydrogen) atoms. The summed E-state index contributed by atoms with van der Waals surface area (Å²) in [4.78, 5) is 56.4. The number of fused-ring (bicyclic) bond motifs is 1. The lowest BCUT2D eigenvalue weighted by atomic mass is 9.73. The van der Waals surface area contributed by atoms with E-state index >= 15 is 0 Å². The number of nitrogens with zero attached hydrogens (tertiary/aromatic N) is 4. The van der Waals surface area contributed by atoms with Crippen molar-refractivity contribution in [2.24, 2.45) is 16.3 Å². The van der Waals surface area contributed by atoms with Crippen LogP contribution in [0, 0.1) is 18.3 Å². The second-order valence-electron chi connectivity index (χ2n) is 15.2. The minimum Gasteiger partial charge on any atom is -0.381 e. The van der Waals surface area contributed by atoms with Crippen molar-refractivity contribution in [2.75, 3.05) is 36.1 Å². The SMILES string of the molecule is Cc1cnc(N2CC3(CCOCC3)C2)c(C(=O)NC2=CC=C(C(=O)N3c4ccccc4N=C(c4ccc(C(=O)NC5(C)CC5)s4)C3C)C(C)C2)c1. The molecular formula is C40H44N6O4S. The summed E-state index contributed by atoms with van der Waals surface area (Å²) in [7, 11) is 0. The number of allylic oxidation sites excluding steroid dienone is 3. The monoisotopic (exact) mass is 704 g/mol. The molecule has 0 radical (unpaired) electrons. The van der Waals surface area contributed by atoms with E-state index < -0.39 is 0 Å². The zero-order chi connectivity index (χ0) is 35.5. The van der Waals surface area contributed by atoms with Crippen LogP contribution in [0.25, 0.3) is 0 Å². The predicted molar refractivity (Wildman–Crippen MR) is 200 cm³/mol. The summed E-state index contributed by atoms with van der Waals surface area (Å²) in [6, 6.07) is 13.0. The number of anilines is 2. The molecule has 2 aliphatic carbocycles. The Morgan fingerprint density at radius 3 is 2.49 bits per heavy atom. The van der Waals surface area contributed by atoms with Crippen LogP contribution in [0.1, 0.15) is 83.3 Å². The van der Waals surface area contributed by atoms with Crippen LogP contribution in [0.5, 0.6) is 0 Å². The van der Waals surface area contributed by atoms with Gasteiger partial charge < -0.3 is 20.3 Å². The first kappa shape index (κ1) is 33.5. The van der Waals surface area contributed by atoms with E-state index in [0.717, 1.165) is 85.3 Å². The summed E-state index contributed by atoms with van der Waals surface area (Å²) in [6.07, 6.45) is 10.1. The minimum atomic E-state index is -0.366. The molecule has 8 rings (SSSR count). The quantitative estimate of drug-likeness (QED) is 0.291. The molecule has 5 aliphatic rings. The zero-order valence-electron chi connectivity index (χ0n) is 29.6. The Kier molecular flexibility index (Phi) is 8.46. The fourth-order valence-electron chi connectivity index (χ4n) is 7.71. The Balaban J connectivity index is 1.00. The van der Waals surface area contributed by atoms with Gasteiger partial charge in [-0.05, 0) is 101 Å². The van der Waals surface area contributed by atoms with Gasteiger partial charge in [0.25, 0.3) is 17.7 Å². The highest BCUT2D eigenvalue weighted by atomic mass is 32.1. The van der Waals surface area contributed by atoms with Crippen molar-refractivity contribution in [3.8, 4) is 0 Å². The average Bonchev–Trinajstić information content (AvgIpc) is 3.61. The number of rotatable bonds is 7. The second kappa shape index (κ2) is 12.9. The van der Waals surface area contributed by atoms with E-state index in [9.17, 15) is 14.4 Å². The lowest BCUT2D eigenvalue weighted by Gasteiger charge is -2.53. The molecule has 2 unspecified atom stereocenters. The second-order valence-corrected chi connectivity index (χ2v) is 16.3. The summed E-state index contributed by atoms with van der Waals surface area (Å²) in [5.74, 6) is 0.220. The summed E-state index contributed by atoms with van der Waals surface area (Å²) in [5, 5.41) is 6.28. The van der Waals surface area contributed by atoms with Gasteiger partial charge in [0.2, 0.25) is 0 Å². The Morgan fingerprint density at radius 1 is 0.980 bits per heavy atom. The Hall–Kier alpha value is -4.61. The first-order chi connectivity index (χ1) is 24.5. The number of hydrogen-bond donors (Lipinski definition) is 2. The minimum absolute atomic E-state index is 0.0710. The molecule has 3 aliphatic heterocycles. The molecule has 10 nitrogen and oxygen atoms in total. The highest BCUT2D eigenvalue weighted by Crippen LogP contribution is 2.43. The van der Waals surface area contributed by atoms with Gasteiger partial charge in [-0.25, -0.2) is 9.98 Å². The third-order valence-corrected chi connectivity index (χ3v) is 12.2. The first-order valence-electron chi connectivity index (χ1n) is 18.0. The molecule has 2 aromatic heterocycles. The van der Waals surface area contributed by atoms with Crippen LogP contribution in [0.4, 0.5) is 17.2 Å². The number of aliphatic imine (C=N–C) groups is 1. The number of aryl methyl sites for hydroxylation is 1. The van der Waals surface area contributed by atoms with Crippen LogP contribution in [0.3, 0.4) is 0 Å². The van der Waals surface area contributed by atoms with Crippen molar-refractivity contribution in [3.05, 3.63) is 93.0 Å². The number of pyridine rings is 1. The summed E-state index contributed by atoms with van der Waals surface area (Å²) >= 11 is 1.40. The molecule has 3 fully saturated rings. The maximum Gasteiger partial charge on any atom is 0.261 e. The maximum atomic E-state index is 14.5. The summed E-state index contributed by atoms with van der Waals surface area (Å²) < 4.78 is 5.58. The number of carbonyl (C=O) groups excluding carboxylic acids is 3. The Labute approximate surface area is 302 Å². The number of amides is 3. The van der Waals surface area contributed by atoms with E-state index in [2.05, 4.69) is 22.5 Å². The van der Waals surface area contributed by atoms with Crippen molar-refractivity contribution in [1.29, 1.82) is 0 Å². The van der Waals surface area contributed by atoms with Gasteiger partial charge in [-0.3, -0.25) is 19.3 Å². The highest BCUT2D eigenvalue weighted by molar-refractivity contribution is 7.16. The number of carbonyl (C=O) groups is 3. The molecule has 5 heterocycles. The molecule has 1 spiro atoms. The lowest BCUT2D eigenvalue weighted by molar-refractivity contribution is -0.115. The van der Waals surface area contributed by atoms with Gasteiger partial charge in [-0.15, -0.1) is 11.3 Å². The van der Waals surface area contributed by atoms with E-state index in [1.165, 1.54) is 11.3 Å². The molecule has 1 saturated carbocycles. The van der Waals surface area contributed by atoms with Crippen LogP contribution in [-0.4, -0.2) is 66.3 Å². The summed E-state index contributed by atoms with van der Waals surface area (Å²) in [5.41, 5.74) is 5.29. The number of hydrogen-bond acceptors (Lipinski definition) is 8. The Bertz CT molecular complexity index is 2010. The fraction of sp³-hybridized carbons (Fsp3) is 0.425. The zero-order valence-corrected chi connectivity index (χ0v) is 30.4. The van der Waals surface area contributed by atoms with Crippen LogP contribution >= 0.6 is 11.3 Å². The maximum absolute atomic E-state index is 14.5. The van der Waals surface area contributed by atoms with Gasteiger partial charge in [-0.2, -0.15) is 0 Å². The van der Waals surface area contributed by atoms with E-state index in [4.69, 9.17) is 14.7 Å². The normalized spacial score (nSPS) is 22.9. The lowest BCUT2D eigenvalue weighted by Crippen LogP contribution is -2.59. The standard InChI is InChI=1S/C40H44N6O4S/c1-24-19-29(35(41-21-24)45-22-40(23-45)15-17-50-18-16-40)36(47)42-27-9-10-28(25(2)20-27)38(49)46-26(3)34(43-30-7-5-6-8-31(30)46)32-11-12-33(51-32)37(48)44-39(4)13-14-39/h5-12,19,21,25-26H,13-18,20,22-23H2,1-4H3,(H,42,47)(H,44,48). The molecule has 3 aromatic rings. The largest absolute Gasteiger partial charge is 0.381 e. The van der Waals surface area contributed by atoms with Crippen LogP contribution in [-0.2, 0) is 9.53 Å². The third-order valence-electron chi connectivity index (χ3n) is 11.1. The number of benzene rings is 1. The van der Waals surface area contributed by atoms with Gasteiger partial charge in [0.15, 0.2) is 0 Å². The van der Waals surface area contributed by atoms with Gasteiger partial charge >= 0.3 is 0 Å². The van der Waals surface area contributed by atoms with Gasteiger partial charge in [0, 0.05) is 54.7 Å². The van der Waals surface area contributed by atoms with E-state index in [0.29, 0.717) is 28.1 Å². The van der Waals surface area contributed by atoms with Crippen LogP contribution in [0.15, 0.2) is 77.1 Å². The van der Waals surface area contributed by atoms with Crippen molar-refractivity contribution >= 4 is 52.0 Å². The van der Waals surface area contributed by atoms with Gasteiger partial charge in [-0.1, -0.05) is 25.1 Å². The van der Waals surface area contributed by atoms with Gasteiger partial charge in [0.1, 0.15) is 5.82 Å². The fourth-order valence-corrected chi connectivity index (χ4v) is 8.69. The predicted octanol–water partition coefficient (Wildman–Crippen LogP) is 6.49. The third kappa shape index (κ3) is 6.42. The van der Waals surface area contributed by atoms with Crippen LogP contribution < -0.4 is 20.4 Å². The number of aromatic nitrogens is 1. The van der Waals surface area contributed by atoms with Gasteiger partial charge in [0.05, 0.1) is 38.4 Å². The Morgan fingerprint density at radius 2 is 1.75 bits per heavy atom. The molecule has 2 N–H and O–H groups in total. The topological polar surface area (TPSA) is 116 Å². The van der Waals surface area contributed by atoms with E-state index in [-0.39, 0.29) is 40.6 Å². The average molecular weight is 705 g/mol. The van der Waals surface area contributed by atoms with Crippen molar-refractivity contribution < 1.29 is 19.1 Å². The molecular weight excluding hydrogens is 661 g/mol. The number of nitrogens with one attached hydrogen (secondary N) is 2. The van der Waals surface area contributed by atoms with Crippen molar-refractivity contribution in [1.82, 2.24) is 15.6 Å². The molecule has 0 bridgehead atoms. The molecule has 1 aromatic carbocycles. The summed E-state index contributed by atoms with van der Waals surface area (Å²) in [6.45, 7) is 11.4. The number of thiophene rings is 1. The molecule has 264 valence electrons. The van der Waals surface area contributed by atoms with Crippen LogP contribution in [0.2, 0.25) is 0 Å². The van der Waals surface area contributed by atoms with E-state index in [1.807, 2.05) is 86.5 Å². The van der Waals surface area contributed by atoms with Crippen molar-refractivity contribution in [2.45, 2.75) is 71.4 Å². The van der Waals surface area contributed by atoms with E-state index in [1.54, 1.807) is 0 Å². The molecule has 2 saturated heterocycles. The first-order valence-corrected chi connectivity index (χ1v) is 18.8. The highest BCUT2D eigenvalue weighted by Gasteiger charge is 2.45. The molecule has 3 amide bonds.